The van der Waals surface area contributed by atoms with Crippen molar-refractivity contribution < 1.29 is 4.42 Å². The van der Waals surface area contributed by atoms with Gasteiger partial charge in [-0.3, -0.25) is 0 Å². The third kappa shape index (κ3) is 3.01. The SMILES string of the molecule is CNC(C)c1nnc(NCc2ncc(C)s2)o1. The van der Waals surface area contributed by atoms with Crippen LogP contribution in [0.5, 0.6) is 0 Å². The van der Waals surface area contributed by atoms with Crippen molar-refractivity contribution in [1.29, 1.82) is 0 Å². The molecule has 0 radical (unpaired) electrons. The molecule has 0 saturated heterocycles. The number of nitrogens with one attached hydrogen (secondary N) is 2. The van der Waals surface area contributed by atoms with Gasteiger partial charge >= 0.3 is 6.01 Å². The van der Waals surface area contributed by atoms with Crippen LogP contribution in [-0.4, -0.2) is 22.2 Å². The summed E-state index contributed by atoms with van der Waals surface area (Å²) in [6, 6.07) is 0.482. The van der Waals surface area contributed by atoms with E-state index < -0.39 is 0 Å². The van der Waals surface area contributed by atoms with Crippen LogP contribution in [0, 0.1) is 6.92 Å². The van der Waals surface area contributed by atoms with Gasteiger partial charge in [0.05, 0.1) is 12.6 Å². The molecule has 0 aromatic carbocycles. The first-order chi connectivity index (χ1) is 8.19. The number of nitrogens with zero attached hydrogens (tertiary/aromatic N) is 3. The molecule has 92 valence electrons. The second-order valence-corrected chi connectivity index (χ2v) is 4.99. The van der Waals surface area contributed by atoms with Crippen molar-refractivity contribution in [2.24, 2.45) is 0 Å². The third-order valence-corrected chi connectivity index (χ3v) is 3.22. The molecule has 7 heteroatoms. The average molecular weight is 253 g/mol. The fourth-order valence-corrected chi connectivity index (χ4v) is 1.97. The molecule has 0 saturated carbocycles. The van der Waals surface area contributed by atoms with Gasteiger partial charge in [0.15, 0.2) is 0 Å². The van der Waals surface area contributed by atoms with E-state index in [0.717, 1.165) is 5.01 Å². The van der Waals surface area contributed by atoms with Crippen LogP contribution < -0.4 is 10.6 Å². The van der Waals surface area contributed by atoms with E-state index in [4.69, 9.17) is 4.42 Å². The van der Waals surface area contributed by atoms with Gasteiger partial charge in [-0.1, -0.05) is 5.10 Å². The molecule has 0 aliphatic carbocycles. The molecule has 2 aromatic rings. The standard InChI is InChI=1S/C10H15N5OS/c1-6-4-12-8(17-6)5-13-10-15-14-9(16-10)7(2)11-3/h4,7,11H,5H2,1-3H3,(H,13,15). The summed E-state index contributed by atoms with van der Waals surface area (Å²) in [7, 11) is 1.85. The Morgan fingerprint density at radius 1 is 1.47 bits per heavy atom. The zero-order valence-electron chi connectivity index (χ0n) is 10.0. The molecular formula is C10H15N5OS. The molecule has 2 aromatic heterocycles. The van der Waals surface area contributed by atoms with E-state index in [1.807, 2.05) is 27.1 Å². The lowest BCUT2D eigenvalue weighted by Gasteiger charge is -2.02. The van der Waals surface area contributed by atoms with Crippen LogP contribution in [0.1, 0.15) is 28.7 Å². The predicted molar refractivity (Wildman–Crippen MR) is 66.0 cm³/mol. The van der Waals surface area contributed by atoms with Crippen LogP contribution in [0.4, 0.5) is 6.01 Å². The number of hydrogen-bond donors (Lipinski definition) is 2. The van der Waals surface area contributed by atoms with Crippen molar-refractivity contribution in [3.63, 3.8) is 0 Å². The van der Waals surface area contributed by atoms with Gasteiger partial charge in [-0.05, 0) is 20.9 Å². The number of rotatable bonds is 5. The zero-order chi connectivity index (χ0) is 12.3. The monoisotopic (exact) mass is 253 g/mol. The van der Waals surface area contributed by atoms with Crippen LogP contribution in [0.2, 0.25) is 0 Å². The molecule has 17 heavy (non-hydrogen) atoms. The lowest BCUT2D eigenvalue weighted by Crippen LogP contribution is -2.12. The normalized spacial score (nSPS) is 12.6. The molecule has 0 aliphatic rings. The molecule has 0 bridgehead atoms. The fourth-order valence-electron chi connectivity index (χ4n) is 1.24. The summed E-state index contributed by atoms with van der Waals surface area (Å²) >= 11 is 1.65. The van der Waals surface area contributed by atoms with E-state index in [0.29, 0.717) is 18.5 Å². The summed E-state index contributed by atoms with van der Waals surface area (Å²) in [5, 5.41) is 15.0. The highest BCUT2D eigenvalue weighted by molar-refractivity contribution is 7.11. The summed E-state index contributed by atoms with van der Waals surface area (Å²) in [6.07, 6.45) is 1.85. The number of aromatic nitrogens is 3. The topological polar surface area (TPSA) is 75.9 Å². The minimum absolute atomic E-state index is 0.0557. The van der Waals surface area contributed by atoms with Crippen molar-refractivity contribution in [3.05, 3.63) is 22.0 Å². The van der Waals surface area contributed by atoms with Crippen molar-refractivity contribution in [3.8, 4) is 0 Å². The number of thiazole rings is 1. The van der Waals surface area contributed by atoms with Crippen LogP contribution in [0.15, 0.2) is 10.6 Å². The van der Waals surface area contributed by atoms with Gasteiger partial charge in [-0.15, -0.1) is 16.4 Å². The molecule has 1 unspecified atom stereocenters. The van der Waals surface area contributed by atoms with E-state index in [-0.39, 0.29) is 6.04 Å². The number of hydrogen-bond acceptors (Lipinski definition) is 7. The van der Waals surface area contributed by atoms with Gasteiger partial charge in [0, 0.05) is 11.1 Å². The quantitative estimate of drug-likeness (QED) is 0.845. The fraction of sp³-hybridized carbons (Fsp3) is 0.500. The minimum Gasteiger partial charge on any atom is -0.406 e. The third-order valence-electron chi connectivity index (χ3n) is 2.30. The molecule has 0 fully saturated rings. The van der Waals surface area contributed by atoms with Crippen LogP contribution in [0.25, 0.3) is 0 Å². The smallest absolute Gasteiger partial charge is 0.315 e. The summed E-state index contributed by atoms with van der Waals surface area (Å²) in [5.41, 5.74) is 0. The maximum Gasteiger partial charge on any atom is 0.315 e. The van der Waals surface area contributed by atoms with Crippen molar-refractivity contribution in [1.82, 2.24) is 20.5 Å². The predicted octanol–water partition coefficient (Wildman–Crippen LogP) is 1.73. The Balaban J connectivity index is 1.93. The average Bonchev–Trinajstić information content (AvgIpc) is 2.94. The summed E-state index contributed by atoms with van der Waals surface area (Å²) < 4.78 is 5.45. The van der Waals surface area contributed by atoms with Gasteiger partial charge in [-0.25, -0.2) is 4.98 Å². The minimum atomic E-state index is 0.0557. The highest BCUT2D eigenvalue weighted by Crippen LogP contribution is 2.15. The molecule has 2 N–H and O–H groups in total. The first-order valence-corrected chi connectivity index (χ1v) is 6.16. The molecular weight excluding hydrogens is 238 g/mol. The second kappa shape index (κ2) is 5.24. The Labute approximate surface area is 103 Å². The highest BCUT2D eigenvalue weighted by Gasteiger charge is 2.11. The van der Waals surface area contributed by atoms with Crippen LogP contribution in [-0.2, 0) is 6.54 Å². The summed E-state index contributed by atoms with van der Waals surface area (Å²) in [6.45, 7) is 4.59. The van der Waals surface area contributed by atoms with E-state index in [9.17, 15) is 0 Å². The second-order valence-electron chi connectivity index (χ2n) is 3.67. The van der Waals surface area contributed by atoms with Crippen LogP contribution >= 0.6 is 11.3 Å². The van der Waals surface area contributed by atoms with E-state index in [1.165, 1.54) is 4.88 Å². The Hall–Kier alpha value is -1.47. The lowest BCUT2D eigenvalue weighted by atomic mass is 10.3. The largest absolute Gasteiger partial charge is 0.406 e. The molecule has 0 aliphatic heterocycles. The van der Waals surface area contributed by atoms with Crippen LogP contribution in [0.3, 0.4) is 0 Å². The Kier molecular flexibility index (Phi) is 3.70. The molecule has 0 amide bonds. The number of aryl methyl sites for hydroxylation is 1. The molecule has 2 rings (SSSR count). The Bertz CT molecular complexity index is 481. The first kappa shape index (κ1) is 12.0. The maximum atomic E-state index is 5.45. The van der Waals surface area contributed by atoms with Crippen molar-refractivity contribution in [2.75, 3.05) is 12.4 Å². The number of anilines is 1. The maximum absolute atomic E-state index is 5.45. The summed E-state index contributed by atoms with van der Waals surface area (Å²) in [5.74, 6) is 0.574. The molecule has 0 spiro atoms. The Morgan fingerprint density at radius 2 is 2.29 bits per heavy atom. The van der Waals surface area contributed by atoms with Crippen molar-refractivity contribution >= 4 is 17.4 Å². The van der Waals surface area contributed by atoms with Crippen molar-refractivity contribution in [2.45, 2.75) is 26.4 Å². The van der Waals surface area contributed by atoms with Gasteiger partial charge in [0.2, 0.25) is 5.89 Å². The van der Waals surface area contributed by atoms with Gasteiger partial charge < -0.3 is 15.1 Å². The Morgan fingerprint density at radius 3 is 2.94 bits per heavy atom. The van der Waals surface area contributed by atoms with E-state index >= 15 is 0 Å². The first-order valence-electron chi connectivity index (χ1n) is 5.35. The molecule has 1 atom stereocenters. The van der Waals surface area contributed by atoms with E-state index in [2.05, 4.69) is 25.8 Å². The van der Waals surface area contributed by atoms with E-state index in [1.54, 1.807) is 11.3 Å². The molecule has 2 heterocycles. The van der Waals surface area contributed by atoms with Gasteiger partial charge in [-0.2, -0.15) is 0 Å². The molecule has 6 nitrogen and oxygen atoms in total. The summed E-state index contributed by atoms with van der Waals surface area (Å²) in [4.78, 5) is 5.43. The highest BCUT2D eigenvalue weighted by atomic mass is 32.1. The zero-order valence-corrected chi connectivity index (χ0v) is 10.8. The van der Waals surface area contributed by atoms with Gasteiger partial charge in [0.25, 0.3) is 0 Å². The van der Waals surface area contributed by atoms with Gasteiger partial charge in [0.1, 0.15) is 5.01 Å². The lowest BCUT2D eigenvalue weighted by molar-refractivity contribution is 0.441.